The average Bonchev–Trinajstić information content (AvgIpc) is 1.52. The van der Waals surface area contributed by atoms with Crippen LogP contribution < -0.4 is 0 Å². The summed E-state index contributed by atoms with van der Waals surface area (Å²) in [5.74, 6) is -1.63. The molecule has 0 amide bonds. The molecule has 0 atom stereocenters. The molecule has 0 saturated heterocycles. The van der Waals surface area contributed by atoms with Crippen LogP contribution in [-0.2, 0) is 0 Å². The third-order valence-corrected chi connectivity index (χ3v) is 21.9. The smallest absolute Gasteiger partial charge is 0.238 e. The molecule has 24 rings (SSSR count). The lowest BCUT2D eigenvalue weighted by atomic mass is 9.99. The van der Waals surface area contributed by atoms with Crippen LogP contribution >= 0.6 is 22.7 Å². The molecule has 0 aliphatic heterocycles. The highest BCUT2D eigenvalue weighted by Gasteiger charge is 2.25. The van der Waals surface area contributed by atoms with Crippen LogP contribution in [0.3, 0.4) is 0 Å². The molecule has 8 heterocycles. The van der Waals surface area contributed by atoms with Gasteiger partial charge in [-0.2, -0.15) is 19.9 Å². The maximum absolute atomic E-state index is 10.0. The van der Waals surface area contributed by atoms with Crippen LogP contribution in [0.4, 0.5) is 0 Å². The van der Waals surface area contributed by atoms with Crippen molar-refractivity contribution >= 4 is 151 Å². The summed E-state index contributed by atoms with van der Waals surface area (Å²) in [7, 11) is 0. The fourth-order valence-electron chi connectivity index (χ4n) is 14.8. The maximum Gasteiger partial charge on any atom is 0.238 e. The summed E-state index contributed by atoms with van der Waals surface area (Å²) in [6, 6.07) is 42.0. The molecule has 16 aromatic carbocycles. The number of thiophene rings is 2. The van der Waals surface area contributed by atoms with Gasteiger partial charge < -0.3 is 8.83 Å². The number of rotatable bonds is 10. The van der Waals surface area contributed by atoms with Gasteiger partial charge in [0.25, 0.3) is 0 Å². The van der Waals surface area contributed by atoms with Crippen molar-refractivity contribution in [1.82, 2.24) is 39.0 Å². The van der Waals surface area contributed by atoms with Crippen LogP contribution in [0.1, 0.15) is 39.8 Å². The summed E-state index contributed by atoms with van der Waals surface area (Å²) in [4.78, 5) is 28.7. The number of nitrogens with zero attached hydrogens (tertiary/aromatic N) is 8. The molecule has 0 unspecified atom stereocenters. The van der Waals surface area contributed by atoms with Crippen molar-refractivity contribution in [2.24, 2.45) is 0 Å². The number of furan rings is 2. The highest BCUT2D eigenvalue weighted by molar-refractivity contribution is 7.26. The van der Waals surface area contributed by atoms with E-state index >= 15 is 0 Å². The molecule has 12 heteroatoms. The van der Waals surface area contributed by atoms with Gasteiger partial charge in [0.1, 0.15) is 22.3 Å². The van der Waals surface area contributed by atoms with Gasteiger partial charge in [0.05, 0.1) is 61.8 Å². The average molecular weight is 1520 g/mol. The van der Waals surface area contributed by atoms with Crippen LogP contribution in [0.15, 0.2) is 372 Å². The summed E-state index contributed by atoms with van der Waals surface area (Å²) in [6.45, 7) is 0. The Kier molecular flexibility index (Phi) is 9.84. The molecule has 24 aromatic rings. The Labute approximate surface area is 700 Å². The zero-order valence-corrected chi connectivity index (χ0v) is 60.2. The monoisotopic (exact) mass is 1520 g/mol. The van der Waals surface area contributed by atoms with Gasteiger partial charge in [-0.3, -0.25) is 9.13 Å². The first kappa shape index (κ1) is 42.4. The van der Waals surface area contributed by atoms with E-state index in [0.29, 0.717) is 39.0 Å². The van der Waals surface area contributed by atoms with E-state index < -0.39 is 120 Å². The standard InChI is InChI=1S/2C51H30N4OS/c1-4-14-31(15-5-1)35-21-12-24-43-47(35)38-27-26-34(28-44(38)56-43)50-52-49(33-18-8-3-9-19-33)53-51(54-50)55-41-23-11-10-20-37(41)39-29-40-46(30-42(39)55)57-45-25-13-22-36(48(40)45)32-16-6-2-7-17-32;1-4-13-31(14-5-1)34-24-26-46-40(27-34)41-29-39-37-19-10-11-21-42(37)55(43(39)30-47(41)57-46)51-53-49(33-17-8-3-9-18-33)52-50(54-51)35-23-25-38-45(28-35)56-44-22-12-20-36(48(38)44)32-15-6-2-7-16-32/h2*1-30H/i10D,11D,12D,13D,20D,21D,22D,23D,24D,25D,26D,27D,28D,29D,30D;3D,8D,9D,10D,11D,17D,18D,19D,21D,24D,26D,27D,29D,30D. The second-order valence-corrected chi connectivity index (χ2v) is 28.5. The van der Waals surface area contributed by atoms with Gasteiger partial charge in [-0.05, 0) is 135 Å². The van der Waals surface area contributed by atoms with E-state index in [1.807, 2.05) is 54.6 Å². The topological polar surface area (TPSA) is 113 Å². The van der Waals surface area contributed by atoms with E-state index in [2.05, 4.69) is 0 Å². The number of para-hydroxylation sites is 2. The zero-order valence-electron chi connectivity index (χ0n) is 87.6. The van der Waals surface area contributed by atoms with Crippen molar-refractivity contribution in [3.63, 3.8) is 0 Å². The summed E-state index contributed by atoms with van der Waals surface area (Å²) >= 11 is 1.89. The fraction of sp³-hybridized carbons (Fsp3) is 0. The number of hydrogen-bond acceptors (Lipinski definition) is 10. The minimum atomic E-state index is -0.665. The van der Waals surface area contributed by atoms with Crippen LogP contribution in [-0.4, -0.2) is 39.0 Å². The molecule has 114 heavy (non-hydrogen) atoms. The predicted octanol–water partition coefficient (Wildman–Crippen LogP) is 27.8. The summed E-state index contributed by atoms with van der Waals surface area (Å²) in [6.07, 6.45) is 0. The van der Waals surface area contributed by atoms with Gasteiger partial charge in [0, 0.05) is 106 Å². The molecule has 0 aliphatic carbocycles. The summed E-state index contributed by atoms with van der Waals surface area (Å²) in [5, 5.41) is 1.76. The molecule has 0 N–H and O–H groups in total. The summed E-state index contributed by atoms with van der Waals surface area (Å²) in [5.41, 5.74) is 3.91. The van der Waals surface area contributed by atoms with E-state index in [1.54, 1.807) is 133 Å². The minimum Gasteiger partial charge on any atom is -0.456 e. The molecule has 0 aliphatic rings. The van der Waals surface area contributed by atoms with Crippen molar-refractivity contribution < 1.29 is 48.6 Å². The fourth-order valence-corrected chi connectivity index (χ4v) is 16.8. The van der Waals surface area contributed by atoms with Crippen LogP contribution in [0.2, 0.25) is 0 Å². The molecule has 8 aromatic heterocycles. The maximum atomic E-state index is 10.0. The molecule has 0 spiro atoms. The van der Waals surface area contributed by atoms with Gasteiger partial charge in [-0.1, -0.05) is 273 Å². The lowest BCUT2D eigenvalue weighted by Crippen LogP contribution is -2.06. The Morgan fingerprint density at radius 3 is 1.40 bits per heavy atom. The highest BCUT2D eigenvalue weighted by Crippen LogP contribution is 2.47. The van der Waals surface area contributed by atoms with E-state index in [-0.39, 0.29) is 224 Å². The van der Waals surface area contributed by atoms with Crippen LogP contribution in [0.25, 0.3) is 230 Å². The minimum absolute atomic E-state index is 0.0446. The van der Waals surface area contributed by atoms with Crippen molar-refractivity contribution in [2.45, 2.75) is 0 Å². The third-order valence-electron chi connectivity index (χ3n) is 19.9. The van der Waals surface area contributed by atoms with Gasteiger partial charge >= 0.3 is 0 Å². The Morgan fingerprint density at radius 1 is 0.237 bits per heavy atom. The van der Waals surface area contributed by atoms with Crippen LogP contribution in [0.5, 0.6) is 0 Å². The zero-order chi connectivity index (χ0) is 100. The Bertz CT molecular complexity index is 9830. The molecule has 0 fully saturated rings. The first-order chi connectivity index (χ1) is 68.6. The number of fused-ring (bicyclic) bond motifs is 18. The molecule has 0 bridgehead atoms. The van der Waals surface area contributed by atoms with Crippen molar-refractivity contribution in [2.75, 3.05) is 0 Å². The van der Waals surface area contributed by atoms with Crippen molar-refractivity contribution in [3.8, 4) is 102 Å². The van der Waals surface area contributed by atoms with Gasteiger partial charge in [0.2, 0.25) is 11.9 Å². The van der Waals surface area contributed by atoms with Gasteiger partial charge in [-0.25, -0.2) is 9.97 Å². The van der Waals surface area contributed by atoms with Crippen LogP contribution in [0, 0.1) is 0 Å². The first-order valence-corrected chi connectivity index (χ1v) is 37.3. The second-order valence-electron chi connectivity index (χ2n) is 26.5. The van der Waals surface area contributed by atoms with E-state index in [1.165, 1.54) is 9.13 Å². The molecular weight excluding hydrogens is 1430 g/mol. The largest absolute Gasteiger partial charge is 0.456 e. The SMILES string of the molecule is [2H]c1c([2H])c(-c2ccccc2)c2c(oc3c([2H])c(-c4nc(-c5ccccc5)nc(-n5c6c([2H])c([2H])c([2H])c([2H])c6c6c([2H])c7c(sc8c([2H])c([2H])c([2H])c(-c9ccccc9)c87)c([2H])c65)n4)c([2H])c([2H])c32)c1[2H].[2H]c1c([2H])c([2H])c(-c2nc(-c3ccc4c(c3)oc3cccc(-c5ccccc5)c34)nc(-n3c4c([2H])c([2H])c([2H])c([2H])c4c4c([2H])c5c(sc6c([2H])c([2H])c(-c7ccccc7)c([2H])c65)c([2H])c43)n2)c([2H])c1[2H]. The number of benzene rings is 16. The molecular formula is C102H60N8O2S2. The third kappa shape index (κ3) is 10.8. The van der Waals surface area contributed by atoms with Gasteiger partial charge in [0.15, 0.2) is 23.3 Å². The molecule has 0 saturated carbocycles. The molecule has 0 radical (unpaired) electrons. The molecule has 10 nitrogen and oxygen atoms in total. The van der Waals surface area contributed by atoms with E-state index in [4.69, 9.17) is 62.0 Å². The molecule has 532 valence electrons. The quantitative estimate of drug-likeness (QED) is 0.133. The Hall–Kier alpha value is -14.8. The lowest BCUT2D eigenvalue weighted by Gasteiger charge is -2.11. The Morgan fingerprint density at radius 2 is 0.746 bits per heavy atom. The second kappa shape index (κ2) is 26.5. The van der Waals surface area contributed by atoms with Gasteiger partial charge in [-0.15, -0.1) is 22.7 Å². The highest BCUT2D eigenvalue weighted by atomic mass is 32.1. The lowest BCUT2D eigenvalue weighted by molar-refractivity contribution is 0.668. The van der Waals surface area contributed by atoms with Crippen molar-refractivity contribution in [1.29, 1.82) is 0 Å². The van der Waals surface area contributed by atoms with E-state index in [0.717, 1.165) is 44.6 Å². The number of aromatic nitrogens is 8. The normalized spacial score (nSPS) is 15.4. The van der Waals surface area contributed by atoms with Crippen molar-refractivity contribution in [3.05, 3.63) is 363 Å². The number of hydrogen-bond donors (Lipinski definition) is 0. The van der Waals surface area contributed by atoms with E-state index in [9.17, 15) is 16.4 Å². The Balaban J connectivity index is 0.000000159. The first-order valence-electron chi connectivity index (χ1n) is 50.2. The predicted molar refractivity (Wildman–Crippen MR) is 472 cm³/mol. The summed E-state index contributed by atoms with van der Waals surface area (Å²) < 4.78 is 281.